The summed E-state index contributed by atoms with van der Waals surface area (Å²) in [6.07, 6.45) is 0. The molecule has 2 N–H and O–H groups in total. The third kappa shape index (κ3) is 5.01. The second-order valence-electron chi connectivity index (χ2n) is 6.00. The Kier molecular flexibility index (Phi) is 6.23. The quantitative estimate of drug-likeness (QED) is 0.772. The van der Waals surface area contributed by atoms with Crippen LogP contribution in [0.5, 0.6) is 11.5 Å². The first-order valence-electron chi connectivity index (χ1n) is 8.06. The van der Waals surface area contributed by atoms with Gasteiger partial charge < -0.3 is 20.1 Å². The summed E-state index contributed by atoms with van der Waals surface area (Å²) in [4.78, 5) is 8.85. The van der Waals surface area contributed by atoms with Crippen LogP contribution >= 0.6 is 0 Å². The zero-order chi connectivity index (χ0) is 17.5. The monoisotopic (exact) mass is 330 g/mol. The van der Waals surface area contributed by atoms with Gasteiger partial charge in [0.05, 0.1) is 14.2 Å². The highest BCUT2D eigenvalue weighted by Gasteiger charge is 2.06. The van der Waals surface area contributed by atoms with E-state index in [1.54, 1.807) is 14.2 Å². The Morgan fingerprint density at radius 2 is 1.62 bits per heavy atom. The summed E-state index contributed by atoms with van der Waals surface area (Å²) in [5.41, 5.74) is 1.08. The molecule has 0 saturated carbocycles. The van der Waals surface area contributed by atoms with E-state index in [4.69, 9.17) is 9.47 Å². The molecule has 2 aromatic rings. The van der Waals surface area contributed by atoms with E-state index >= 15 is 0 Å². The molecule has 0 radical (unpaired) electrons. The number of rotatable bonds is 8. The minimum Gasteiger partial charge on any atom is -0.493 e. The Hall–Kier alpha value is -2.50. The first-order valence-corrected chi connectivity index (χ1v) is 8.06. The third-order valence-electron chi connectivity index (χ3n) is 3.45. The van der Waals surface area contributed by atoms with Crippen molar-refractivity contribution in [3.8, 4) is 11.5 Å². The van der Waals surface area contributed by atoms with Gasteiger partial charge in [0.2, 0.25) is 0 Å². The second-order valence-corrected chi connectivity index (χ2v) is 6.00. The fourth-order valence-corrected chi connectivity index (χ4v) is 2.24. The Morgan fingerprint density at radius 1 is 0.958 bits per heavy atom. The van der Waals surface area contributed by atoms with Crippen molar-refractivity contribution in [2.24, 2.45) is 5.92 Å². The molecule has 24 heavy (non-hydrogen) atoms. The fraction of sp³-hybridized carbons (Fsp3) is 0.444. The van der Waals surface area contributed by atoms with Gasteiger partial charge in [0.25, 0.3) is 0 Å². The summed E-state index contributed by atoms with van der Waals surface area (Å²) in [5.74, 6) is 4.37. The predicted octanol–water partition coefficient (Wildman–Crippen LogP) is 3.48. The molecule has 0 aliphatic heterocycles. The summed E-state index contributed by atoms with van der Waals surface area (Å²) in [5, 5.41) is 6.66. The predicted molar refractivity (Wildman–Crippen MR) is 97.0 cm³/mol. The molecule has 1 aromatic heterocycles. The normalized spacial score (nSPS) is 10.6. The Balaban J connectivity index is 2.06. The minimum absolute atomic E-state index is 0.559. The topological polar surface area (TPSA) is 68.3 Å². The van der Waals surface area contributed by atoms with E-state index in [2.05, 4.69) is 34.4 Å². The molecule has 2 rings (SSSR count). The fourth-order valence-electron chi connectivity index (χ4n) is 2.24. The molecule has 0 saturated heterocycles. The number of hydrogen-bond acceptors (Lipinski definition) is 6. The number of benzene rings is 1. The summed E-state index contributed by atoms with van der Waals surface area (Å²) < 4.78 is 10.6. The van der Waals surface area contributed by atoms with Crippen molar-refractivity contribution in [3.63, 3.8) is 0 Å². The van der Waals surface area contributed by atoms with Crippen molar-refractivity contribution in [2.45, 2.75) is 27.3 Å². The van der Waals surface area contributed by atoms with Crippen LogP contribution in [0.1, 0.15) is 25.2 Å². The van der Waals surface area contributed by atoms with Gasteiger partial charge >= 0.3 is 0 Å². The maximum absolute atomic E-state index is 5.33. The molecule has 1 aromatic carbocycles. The largest absolute Gasteiger partial charge is 0.493 e. The van der Waals surface area contributed by atoms with Gasteiger partial charge in [-0.25, -0.2) is 9.97 Å². The van der Waals surface area contributed by atoms with Gasteiger partial charge in [-0.15, -0.1) is 0 Å². The highest BCUT2D eigenvalue weighted by molar-refractivity contribution is 5.49. The molecular weight excluding hydrogens is 304 g/mol. The van der Waals surface area contributed by atoms with Crippen LogP contribution in [0.15, 0.2) is 24.3 Å². The molecule has 130 valence electrons. The average Bonchev–Trinajstić information content (AvgIpc) is 2.57. The van der Waals surface area contributed by atoms with E-state index in [0.29, 0.717) is 12.5 Å². The van der Waals surface area contributed by atoms with Crippen LogP contribution in [0.25, 0.3) is 0 Å². The van der Waals surface area contributed by atoms with E-state index in [1.807, 2.05) is 31.2 Å². The Morgan fingerprint density at radius 3 is 2.25 bits per heavy atom. The zero-order valence-electron chi connectivity index (χ0n) is 15.0. The molecule has 0 spiro atoms. The lowest BCUT2D eigenvalue weighted by molar-refractivity contribution is 0.354. The standard InChI is InChI=1S/C18H26N4O2/c1-12(2)10-19-17-9-18(22-13(3)21-17)20-11-14-6-7-15(23-4)16(8-14)24-5/h6-9,12H,10-11H2,1-5H3,(H2,19,20,21,22). The van der Waals surface area contributed by atoms with Gasteiger partial charge in [-0.05, 0) is 30.5 Å². The smallest absolute Gasteiger partial charge is 0.161 e. The molecule has 6 nitrogen and oxygen atoms in total. The zero-order valence-corrected chi connectivity index (χ0v) is 15.0. The molecule has 0 aliphatic rings. The first kappa shape index (κ1) is 17.8. The number of anilines is 2. The summed E-state index contributed by atoms with van der Waals surface area (Å²) in [6.45, 7) is 7.74. The van der Waals surface area contributed by atoms with E-state index in [-0.39, 0.29) is 0 Å². The minimum atomic E-state index is 0.559. The number of nitrogens with one attached hydrogen (secondary N) is 2. The van der Waals surface area contributed by atoms with Crippen molar-refractivity contribution in [3.05, 3.63) is 35.7 Å². The second kappa shape index (κ2) is 8.38. The van der Waals surface area contributed by atoms with E-state index in [9.17, 15) is 0 Å². The number of ether oxygens (including phenoxy) is 2. The van der Waals surface area contributed by atoms with Gasteiger partial charge in [-0.2, -0.15) is 0 Å². The lowest BCUT2D eigenvalue weighted by Gasteiger charge is -2.13. The van der Waals surface area contributed by atoms with Crippen LogP contribution in [-0.2, 0) is 6.54 Å². The van der Waals surface area contributed by atoms with Gasteiger partial charge in [0.1, 0.15) is 17.5 Å². The molecule has 0 atom stereocenters. The maximum Gasteiger partial charge on any atom is 0.161 e. The lowest BCUT2D eigenvalue weighted by Crippen LogP contribution is -2.11. The first-order chi connectivity index (χ1) is 11.5. The molecule has 0 fully saturated rings. The van der Waals surface area contributed by atoms with Crippen LogP contribution in [0.3, 0.4) is 0 Å². The molecule has 0 amide bonds. The van der Waals surface area contributed by atoms with Gasteiger partial charge in [0, 0.05) is 19.2 Å². The molecule has 6 heteroatoms. The van der Waals surface area contributed by atoms with E-state index in [0.717, 1.165) is 41.1 Å². The van der Waals surface area contributed by atoms with E-state index < -0.39 is 0 Å². The van der Waals surface area contributed by atoms with Crippen LogP contribution in [-0.4, -0.2) is 30.7 Å². The number of aryl methyl sites for hydroxylation is 1. The summed E-state index contributed by atoms with van der Waals surface area (Å²) in [7, 11) is 3.26. The molecule has 1 heterocycles. The van der Waals surface area contributed by atoms with Crippen molar-refractivity contribution in [2.75, 3.05) is 31.4 Å². The highest BCUT2D eigenvalue weighted by atomic mass is 16.5. The Labute approximate surface area is 143 Å². The summed E-state index contributed by atoms with van der Waals surface area (Å²) >= 11 is 0. The lowest BCUT2D eigenvalue weighted by atomic mass is 10.2. The maximum atomic E-state index is 5.33. The van der Waals surface area contributed by atoms with Crippen LogP contribution in [0.2, 0.25) is 0 Å². The SMILES string of the molecule is COc1ccc(CNc2cc(NCC(C)C)nc(C)n2)cc1OC. The third-order valence-corrected chi connectivity index (χ3v) is 3.45. The molecular formula is C18H26N4O2. The van der Waals surface area contributed by atoms with Gasteiger partial charge in [0.15, 0.2) is 11.5 Å². The van der Waals surface area contributed by atoms with E-state index in [1.165, 1.54) is 0 Å². The van der Waals surface area contributed by atoms with Crippen LogP contribution in [0.4, 0.5) is 11.6 Å². The van der Waals surface area contributed by atoms with Gasteiger partial charge in [-0.3, -0.25) is 0 Å². The van der Waals surface area contributed by atoms with Crippen molar-refractivity contribution in [1.82, 2.24) is 9.97 Å². The van der Waals surface area contributed by atoms with Crippen molar-refractivity contribution < 1.29 is 9.47 Å². The number of aromatic nitrogens is 2. The highest BCUT2D eigenvalue weighted by Crippen LogP contribution is 2.27. The van der Waals surface area contributed by atoms with Crippen molar-refractivity contribution >= 4 is 11.6 Å². The number of nitrogens with zero attached hydrogens (tertiary/aromatic N) is 2. The number of methoxy groups -OCH3 is 2. The van der Waals surface area contributed by atoms with Crippen LogP contribution in [0, 0.1) is 12.8 Å². The molecule has 0 aliphatic carbocycles. The van der Waals surface area contributed by atoms with Gasteiger partial charge in [-0.1, -0.05) is 19.9 Å². The average molecular weight is 330 g/mol. The number of hydrogen-bond donors (Lipinski definition) is 2. The molecule has 0 bridgehead atoms. The van der Waals surface area contributed by atoms with Crippen LogP contribution < -0.4 is 20.1 Å². The molecule has 0 unspecified atom stereocenters. The van der Waals surface area contributed by atoms with Crippen molar-refractivity contribution in [1.29, 1.82) is 0 Å². The Bertz CT molecular complexity index is 674. The summed E-state index contributed by atoms with van der Waals surface area (Å²) in [6, 6.07) is 7.78.